The number of benzene rings is 2. The number of nitrogens with two attached hydrogens (primary N) is 1. The van der Waals surface area contributed by atoms with Crippen molar-refractivity contribution in [2.75, 3.05) is 19.6 Å². The number of carbonyl (C=O) groups excluding carboxylic acids is 2. The fourth-order valence-corrected chi connectivity index (χ4v) is 5.81. The highest BCUT2D eigenvalue weighted by Gasteiger charge is 2.38. The first-order valence-corrected chi connectivity index (χ1v) is 16.1. The summed E-state index contributed by atoms with van der Waals surface area (Å²) in [6.45, 7) is 5.76. The Morgan fingerprint density at radius 3 is 2.48 bits per heavy atom. The van der Waals surface area contributed by atoms with Gasteiger partial charge in [-0.25, -0.2) is 0 Å². The zero-order valence-electron chi connectivity index (χ0n) is 27.0. The highest BCUT2D eigenvalue weighted by atomic mass is 19.4. The summed E-state index contributed by atoms with van der Waals surface area (Å²) in [6, 6.07) is 11.8. The number of rotatable bonds is 15. The summed E-state index contributed by atoms with van der Waals surface area (Å²) < 4.78 is 65.0. The van der Waals surface area contributed by atoms with Gasteiger partial charge in [0.15, 0.2) is 17.4 Å². The molecule has 10 nitrogen and oxygen atoms in total. The summed E-state index contributed by atoms with van der Waals surface area (Å²) in [7, 11) is 0. The van der Waals surface area contributed by atoms with Crippen molar-refractivity contribution in [1.82, 2.24) is 15.0 Å². The van der Waals surface area contributed by atoms with Gasteiger partial charge in [0, 0.05) is 29.9 Å². The lowest BCUT2D eigenvalue weighted by Crippen LogP contribution is -2.42. The molecule has 256 valence electrons. The fraction of sp³-hybridized carbons (Fsp3) is 0.429. The molecule has 13 heteroatoms. The van der Waals surface area contributed by atoms with Crippen molar-refractivity contribution < 1.29 is 41.5 Å². The molecule has 0 aliphatic carbocycles. The molecule has 1 fully saturated rings. The number of hydrogen-bond acceptors (Lipinski definition) is 9. The van der Waals surface area contributed by atoms with Crippen LogP contribution in [0.25, 0.3) is 11.0 Å². The molecule has 48 heavy (non-hydrogen) atoms. The van der Waals surface area contributed by atoms with Crippen LogP contribution in [0.1, 0.15) is 67.6 Å². The number of fused-ring (bicyclic) bond motifs is 1. The summed E-state index contributed by atoms with van der Waals surface area (Å²) in [6.07, 6.45) is -0.490. The Morgan fingerprint density at radius 1 is 1.04 bits per heavy atom. The molecule has 0 spiro atoms. The first kappa shape index (κ1) is 34.7. The van der Waals surface area contributed by atoms with Crippen molar-refractivity contribution in [2.24, 2.45) is 5.73 Å². The molecule has 0 unspecified atom stereocenters. The van der Waals surface area contributed by atoms with Crippen molar-refractivity contribution in [3.05, 3.63) is 76.7 Å². The topological polar surface area (TPSA) is 130 Å². The minimum Gasteiger partial charge on any atom is -0.487 e. The van der Waals surface area contributed by atoms with E-state index in [1.165, 1.54) is 6.07 Å². The lowest BCUT2D eigenvalue weighted by Gasteiger charge is -2.22. The Morgan fingerprint density at radius 2 is 1.81 bits per heavy atom. The van der Waals surface area contributed by atoms with Crippen molar-refractivity contribution in [3.63, 3.8) is 0 Å². The van der Waals surface area contributed by atoms with Gasteiger partial charge in [-0.15, -0.1) is 0 Å². The number of alkyl halides is 3. The van der Waals surface area contributed by atoms with Gasteiger partial charge in [0.05, 0.1) is 17.5 Å². The Hall–Kier alpha value is -4.65. The Kier molecular flexibility index (Phi) is 11.2. The molecule has 1 aliphatic rings. The highest BCUT2D eigenvalue weighted by molar-refractivity contribution is 5.87. The Balaban J connectivity index is 1.51. The smallest absolute Gasteiger partial charge is 0.437 e. The van der Waals surface area contributed by atoms with Crippen LogP contribution in [0.3, 0.4) is 0 Å². The summed E-state index contributed by atoms with van der Waals surface area (Å²) in [4.78, 5) is 31.7. The number of carbonyl (C=O) groups is 2. The van der Waals surface area contributed by atoms with E-state index in [1.807, 2.05) is 30.9 Å². The number of nitrogens with zero attached hydrogens (tertiary/aromatic N) is 3. The van der Waals surface area contributed by atoms with Gasteiger partial charge in [-0.05, 0) is 68.6 Å². The van der Waals surface area contributed by atoms with Gasteiger partial charge in [-0.2, -0.15) is 13.2 Å². The monoisotopic (exact) mass is 668 g/mol. The van der Waals surface area contributed by atoms with Crippen LogP contribution in [0, 0.1) is 0 Å². The van der Waals surface area contributed by atoms with E-state index in [9.17, 15) is 22.8 Å². The molecule has 2 N–H and O–H groups in total. The Labute approximate surface area is 276 Å². The number of aryl methyl sites for hydroxylation is 2. The Bertz CT molecular complexity index is 1720. The number of primary amides is 1. The lowest BCUT2D eigenvalue weighted by molar-refractivity contribution is -0.155. The van der Waals surface area contributed by atoms with Crippen LogP contribution in [0.4, 0.5) is 13.2 Å². The SMILES string of the molecule is CCCc1cc2c(C(F)(F)F)noc2c(CCC)c1Oc1cc(OCc2ccccn2)ccc1CC(=O)O[C@H](CN1CCCC1)C(N)=O. The maximum atomic E-state index is 13.9. The first-order chi connectivity index (χ1) is 23.1. The van der Waals surface area contributed by atoms with Crippen LogP contribution in [0.15, 0.2) is 53.2 Å². The zero-order chi connectivity index (χ0) is 34.3. The van der Waals surface area contributed by atoms with Crippen LogP contribution in [0.5, 0.6) is 17.2 Å². The van der Waals surface area contributed by atoms with Crippen LogP contribution >= 0.6 is 0 Å². The van der Waals surface area contributed by atoms with Crippen LogP contribution in [-0.4, -0.2) is 52.7 Å². The van der Waals surface area contributed by atoms with E-state index in [-0.39, 0.29) is 36.3 Å². The normalized spacial score (nSPS) is 14.3. The summed E-state index contributed by atoms with van der Waals surface area (Å²) in [5.41, 5.74) is 6.56. The van der Waals surface area contributed by atoms with E-state index in [0.29, 0.717) is 59.6 Å². The fourth-order valence-electron chi connectivity index (χ4n) is 5.81. The maximum Gasteiger partial charge on any atom is 0.437 e. The molecule has 1 saturated heterocycles. The summed E-state index contributed by atoms with van der Waals surface area (Å²) >= 11 is 0. The van der Waals surface area contributed by atoms with Crippen LogP contribution < -0.4 is 15.2 Å². The number of ether oxygens (including phenoxy) is 3. The largest absolute Gasteiger partial charge is 0.487 e. The van der Waals surface area contributed by atoms with Crippen molar-refractivity contribution in [2.45, 2.75) is 77.7 Å². The third-order valence-corrected chi connectivity index (χ3v) is 8.09. The molecular formula is C35H39F3N4O6. The maximum absolute atomic E-state index is 13.9. The number of amides is 1. The molecule has 2 aromatic heterocycles. The van der Waals surface area contributed by atoms with Crippen molar-refractivity contribution in [3.8, 4) is 17.2 Å². The predicted molar refractivity (Wildman–Crippen MR) is 171 cm³/mol. The average Bonchev–Trinajstić information content (AvgIpc) is 3.73. The van der Waals surface area contributed by atoms with Crippen LogP contribution in [0.2, 0.25) is 0 Å². The predicted octanol–water partition coefficient (Wildman–Crippen LogP) is 6.55. The molecule has 3 heterocycles. The third kappa shape index (κ3) is 8.43. The van der Waals surface area contributed by atoms with Gasteiger partial charge >= 0.3 is 12.1 Å². The quantitative estimate of drug-likeness (QED) is 0.140. The molecule has 1 amide bonds. The standard InChI is InChI=1S/C35H39F3N4O6/c1-3-9-23-17-27-32(48-41-33(27)35(36,37)38)26(10-4-2)31(23)47-28-19-25(45-21-24-11-5-6-14-40-24)13-12-22(28)18-30(43)46-29(34(39)44)20-42-15-7-8-16-42/h5-6,11-14,17,19,29H,3-4,7-10,15-16,18,20-21H2,1-2H3,(H2,39,44)/t29-/m1/s1. The van der Waals surface area contributed by atoms with E-state index >= 15 is 0 Å². The molecule has 0 saturated carbocycles. The van der Waals surface area contributed by atoms with E-state index in [2.05, 4.69) is 10.1 Å². The summed E-state index contributed by atoms with van der Waals surface area (Å²) in [5.74, 6) is -0.460. The first-order valence-electron chi connectivity index (χ1n) is 16.1. The minimum atomic E-state index is -4.70. The average molecular weight is 669 g/mol. The summed E-state index contributed by atoms with van der Waals surface area (Å²) in [5, 5.41) is 3.25. The molecule has 0 radical (unpaired) electrons. The van der Waals surface area contributed by atoms with Gasteiger partial charge in [0.2, 0.25) is 0 Å². The van der Waals surface area contributed by atoms with Gasteiger partial charge in [0.1, 0.15) is 23.9 Å². The molecule has 5 rings (SSSR count). The second kappa shape index (κ2) is 15.5. The lowest BCUT2D eigenvalue weighted by atomic mass is 9.97. The minimum absolute atomic E-state index is 0.00578. The third-order valence-electron chi connectivity index (χ3n) is 8.09. The second-order valence-corrected chi connectivity index (χ2v) is 11.8. The van der Waals surface area contributed by atoms with E-state index in [1.54, 1.807) is 30.5 Å². The van der Waals surface area contributed by atoms with Crippen LogP contribution in [-0.2, 0) is 46.4 Å². The van der Waals surface area contributed by atoms with E-state index < -0.39 is 29.9 Å². The van der Waals surface area contributed by atoms with E-state index in [4.69, 9.17) is 24.5 Å². The van der Waals surface area contributed by atoms with Gasteiger partial charge in [0.25, 0.3) is 5.91 Å². The van der Waals surface area contributed by atoms with Gasteiger partial charge in [-0.1, -0.05) is 44.0 Å². The van der Waals surface area contributed by atoms with Gasteiger partial charge < -0.3 is 24.5 Å². The molecule has 2 aromatic carbocycles. The number of likely N-dealkylation sites (tertiary alicyclic amines) is 1. The molecule has 0 bridgehead atoms. The number of aromatic nitrogens is 2. The molecule has 1 atom stereocenters. The number of esters is 1. The van der Waals surface area contributed by atoms with Crippen molar-refractivity contribution >= 4 is 22.8 Å². The molecule has 1 aliphatic heterocycles. The zero-order valence-corrected chi connectivity index (χ0v) is 27.0. The van der Waals surface area contributed by atoms with E-state index in [0.717, 1.165) is 25.9 Å². The number of hydrogen-bond donors (Lipinski definition) is 1. The second-order valence-electron chi connectivity index (χ2n) is 11.8. The van der Waals surface area contributed by atoms with Crippen molar-refractivity contribution in [1.29, 1.82) is 0 Å². The number of halogens is 3. The highest BCUT2D eigenvalue weighted by Crippen LogP contribution is 2.43. The molecular weight excluding hydrogens is 629 g/mol. The number of pyridine rings is 1. The van der Waals surface area contributed by atoms with Gasteiger partial charge in [-0.3, -0.25) is 19.5 Å². The molecule has 4 aromatic rings.